The second-order valence-corrected chi connectivity index (χ2v) is 9.75. The molecule has 0 bridgehead atoms. The van der Waals surface area contributed by atoms with Gasteiger partial charge in [-0.05, 0) is 49.2 Å². The van der Waals surface area contributed by atoms with Crippen LogP contribution in [0.1, 0.15) is 12.8 Å². The molecular weight excluding hydrogens is 504 g/mol. The summed E-state index contributed by atoms with van der Waals surface area (Å²) in [6.07, 6.45) is 1.08. The summed E-state index contributed by atoms with van der Waals surface area (Å²) in [5.41, 5.74) is 21.3. The highest BCUT2D eigenvalue weighted by Gasteiger charge is 2.16. The van der Waals surface area contributed by atoms with Crippen molar-refractivity contribution in [1.82, 2.24) is 4.98 Å². The van der Waals surface area contributed by atoms with Crippen molar-refractivity contribution in [3.63, 3.8) is 0 Å². The zero-order valence-electron chi connectivity index (χ0n) is 22.5. The topological polar surface area (TPSA) is 161 Å². The average molecular weight is 537 g/mol. The lowest BCUT2D eigenvalue weighted by Crippen LogP contribution is -2.35. The molecule has 0 fully saturated rings. The number of nitrogens with two attached hydrogens (primary N) is 3. The number of amides is 1. The zero-order valence-corrected chi connectivity index (χ0v) is 22.5. The maximum Gasteiger partial charge on any atom is 0.241 e. The summed E-state index contributed by atoms with van der Waals surface area (Å²) in [5.74, 6) is 0.408. The van der Waals surface area contributed by atoms with Gasteiger partial charge in [0.2, 0.25) is 5.91 Å². The number of nitrogens with one attached hydrogen (secondary N) is 1. The Balaban J connectivity index is 1.43. The molecule has 7 N–H and O–H groups in total. The van der Waals surface area contributed by atoms with Gasteiger partial charge in [0.15, 0.2) is 17.3 Å². The van der Waals surface area contributed by atoms with E-state index in [9.17, 15) is 4.79 Å². The molecule has 1 aliphatic carbocycles. The Morgan fingerprint density at radius 2 is 1.77 bits per heavy atom. The van der Waals surface area contributed by atoms with Gasteiger partial charge in [-0.15, -0.1) is 0 Å². The molecule has 0 spiro atoms. The number of nitrogens with zero attached hydrogens (tertiary/aromatic N) is 4. The van der Waals surface area contributed by atoms with E-state index >= 15 is 0 Å². The Bertz CT molecular complexity index is 1740. The van der Waals surface area contributed by atoms with Gasteiger partial charge in [-0.1, -0.05) is 24.3 Å². The van der Waals surface area contributed by atoms with Crippen LogP contribution in [0, 0.1) is 0 Å². The van der Waals surface area contributed by atoms with Crippen LogP contribution in [0.2, 0.25) is 0 Å². The molecule has 40 heavy (non-hydrogen) atoms. The van der Waals surface area contributed by atoms with Crippen LogP contribution in [-0.2, 0) is 4.79 Å². The lowest BCUT2D eigenvalue weighted by molar-refractivity contribution is -0.117. The summed E-state index contributed by atoms with van der Waals surface area (Å²) in [5, 5.41) is 5.53. The van der Waals surface area contributed by atoms with E-state index in [2.05, 4.69) is 10.3 Å². The summed E-state index contributed by atoms with van der Waals surface area (Å²) < 4.78 is 6.33. The molecule has 1 atom stereocenters. The van der Waals surface area contributed by atoms with Crippen molar-refractivity contribution < 1.29 is 9.21 Å². The SMILES string of the molecule is CN(C)c1ccc2nc3c4ccccc4c(=Nc4ccc(NC(=O)[C@@H](N)CCCN=C(N)N)cc4)cc-3oc2c1. The van der Waals surface area contributed by atoms with Crippen molar-refractivity contribution in [3.05, 3.63) is 78.2 Å². The quantitative estimate of drug-likeness (QED) is 0.0773. The van der Waals surface area contributed by atoms with E-state index in [1.807, 2.05) is 79.7 Å². The average Bonchev–Trinajstić information content (AvgIpc) is 2.95. The van der Waals surface area contributed by atoms with Crippen LogP contribution >= 0.6 is 0 Å². The maximum absolute atomic E-state index is 12.5. The summed E-state index contributed by atoms with van der Waals surface area (Å²) in [6.45, 7) is 0.430. The zero-order chi connectivity index (χ0) is 28.2. The molecule has 10 heteroatoms. The molecule has 1 heterocycles. The molecule has 1 aliphatic heterocycles. The first kappa shape index (κ1) is 26.6. The van der Waals surface area contributed by atoms with Crippen molar-refractivity contribution in [2.24, 2.45) is 27.2 Å². The van der Waals surface area contributed by atoms with Gasteiger partial charge in [0.1, 0.15) is 11.2 Å². The van der Waals surface area contributed by atoms with Gasteiger partial charge in [0.05, 0.1) is 17.1 Å². The molecule has 0 saturated heterocycles. The molecular formula is C30H32N8O2. The summed E-state index contributed by atoms with van der Waals surface area (Å²) in [6, 6.07) is 22.5. The number of fused-ring (bicyclic) bond motifs is 4. The Morgan fingerprint density at radius 1 is 1.02 bits per heavy atom. The minimum Gasteiger partial charge on any atom is -0.453 e. The van der Waals surface area contributed by atoms with Crippen molar-refractivity contribution in [2.45, 2.75) is 18.9 Å². The number of rotatable bonds is 8. The minimum absolute atomic E-state index is 0.0263. The van der Waals surface area contributed by atoms with Crippen LogP contribution in [0.3, 0.4) is 0 Å². The summed E-state index contributed by atoms with van der Waals surface area (Å²) >= 11 is 0. The second kappa shape index (κ2) is 11.4. The maximum atomic E-state index is 12.5. The van der Waals surface area contributed by atoms with E-state index in [0.29, 0.717) is 36.4 Å². The van der Waals surface area contributed by atoms with E-state index in [-0.39, 0.29) is 11.9 Å². The number of carbonyl (C=O) groups is 1. The molecule has 5 rings (SSSR count). The van der Waals surface area contributed by atoms with E-state index < -0.39 is 6.04 Å². The van der Waals surface area contributed by atoms with E-state index in [4.69, 9.17) is 31.6 Å². The third-order valence-electron chi connectivity index (χ3n) is 6.56. The number of aromatic nitrogens is 1. The summed E-state index contributed by atoms with van der Waals surface area (Å²) in [7, 11) is 3.98. The lowest BCUT2D eigenvalue weighted by atomic mass is 10.0. The van der Waals surface area contributed by atoms with Crippen molar-refractivity contribution in [1.29, 1.82) is 0 Å². The number of hydrogen-bond donors (Lipinski definition) is 4. The molecule has 3 aromatic carbocycles. The number of benzene rings is 4. The Labute approximate surface area is 231 Å². The largest absolute Gasteiger partial charge is 0.453 e. The van der Waals surface area contributed by atoms with Crippen LogP contribution in [0.4, 0.5) is 17.1 Å². The van der Waals surface area contributed by atoms with Crippen molar-refractivity contribution >= 4 is 50.8 Å². The first-order chi connectivity index (χ1) is 19.3. The molecule has 2 aliphatic rings. The van der Waals surface area contributed by atoms with Crippen LogP contribution in [0.25, 0.3) is 33.3 Å². The van der Waals surface area contributed by atoms with E-state index in [1.165, 1.54) is 0 Å². The molecule has 3 aromatic rings. The lowest BCUT2D eigenvalue weighted by Gasteiger charge is -2.14. The minimum atomic E-state index is -0.662. The van der Waals surface area contributed by atoms with Gasteiger partial charge in [-0.25, -0.2) is 9.98 Å². The van der Waals surface area contributed by atoms with Gasteiger partial charge in [0, 0.05) is 54.9 Å². The second-order valence-electron chi connectivity index (χ2n) is 9.75. The Morgan fingerprint density at radius 3 is 2.50 bits per heavy atom. The molecule has 10 nitrogen and oxygen atoms in total. The van der Waals surface area contributed by atoms with Crippen LogP contribution in [0.15, 0.2) is 87.2 Å². The Kier molecular flexibility index (Phi) is 7.61. The number of anilines is 2. The number of aliphatic imine (C=N–C) groups is 1. The van der Waals surface area contributed by atoms with Gasteiger partial charge in [-0.3, -0.25) is 9.79 Å². The number of guanidine groups is 1. The highest BCUT2D eigenvalue weighted by atomic mass is 16.3. The van der Waals surface area contributed by atoms with Crippen LogP contribution in [-0.4, -0.2) is 43.5 Å². The fourth-order valence-electron chi connectivity index (χ4n) is 4.44. The molecule has 204 valence electrons. The highest BCUT2D eigenvalue weighted by molar-refractivity contribution is 5.97. The first-order valence-electron chi connectivity index (χ1n) is 13.0. The highest BCUT2D eigenvalue weighted by Crippen LogP contribution is 2.31. The predicted octanol–water partition coefficient (Wildman–Crippen LogP) is 3.70. The van der Waals surface area contributed by atoms with Gasteiger partial charge in [0.25, 0.3) is 0 Å². The fourth-order valence-corrected chi connectivity index (χ4v) is 4.44. The van der Waals surface area contributed by atoms with Crippen LogP contribution in [0.5, 0.6) is 0 Å². The molecule has 0 aromatic heterocycles. The van der Waals surface area contributed by atoms with E-state index in [1.54, 1.807) is 12.1 Å². The van der Waals surface area contributed by atoms with E-state index in [0.717, 1.165) is 38.7 Å². The predicted molar refractivity (Wildman–Crippen MR) is 161 cm³/mol. The van der Waals surface area contributed by atoms with Crippen molar-refractivity contribution in [2.75, 3.05) is 30.9 Å². The standard InChI is InChI=1S/C30H32N8O2/c1-38(2)20-13-14-24-26(16-20)40-27-17-25(21-6-3-4-7-22(21)28(27)37-24)35-18-9-11-19(12-10-18)36-29(39)23(31)8-5-15-34-30(32)33/h3-4,6-7,9-14,16-17,23H,5,8,15,31H2,1-2H3,(H,36,39)(H4,32,33,34)/t23-/m0/s1. The molecule has 0 radical (unpaired) electrons. The third kappa shape index (κ3) is 5.87. The fraction of sp³-hybridized carbons (Fsp3) is 0.200. The monoisotopic (exact) mass is 536 g/mol. The van der Waals surface area contributed by atoms with Gasteiger partial charge >= 0.3 is 0 Å². The normalized spacial score (nSPS) is 12.5. The molecule has 1 amide bonds. The van der Waals surface area contributed by atoms with Crippen LogP contribution < -0.4 is 32.8 Å². The number of carbonyl (C=O) groups excluding carboxylic acids is 1. The smallest absolute Gasteiger partial charge is 0.241 e. The van der Waals surface area contributed by atoms with Gasteiger partial charge < -0.3 is 31.8 Å². The molecule has 0 unspecified atom stereocenters. The first-order valence-corrected chi connectivity index (χ1v) is 13.0. The number of hydrogen-bond acceptors (Lipinski definition) is 7. The third-order valence-corrected chi connectivity index (χ3v) is 6.56. The summed E-state index contributed by atoms with van der Waals surface area (Å²) in [4.78, 5) is 28.2. The Hall–Kier alpha value is -4.96. The molecule has 0 saturated carbocycles. The van der Waals surface area contributed by atoms with Crippen molar-refractivity contribution in [3.8, 4) is 11.5 Å². The van der Waals surface area contributed by atoms with Gasteiger partial charge in [-0.2, -0.15) is 0 Å².